The monoisotopic (exact) mass is 325 g/mol. The average Bonchev–Trinajstić information content (AvgIpc) is 3.36. The fourth-order valence-electron chi connectivity index (χ4n) is 4.60. The molecule has 3 atom stereocenters. The Bertz CT molecular complexity index is 720. The number of carbonyl (C=O) groups excluding carboxylic acids is 1. The molecule has 126 valence electrons. The molecular weight excluding hydrogens is 302 g/mol. The maximum Gasteiger partial charge on any atom is 0.254 e. The van der Waals surface area contributed by atoms with Crippen molar-refractivity contribution in [1.82, 2.24) is 14.5 Å². The van der Waals surface area contributed by atoms with E-state index in [1.54, 1.807) is 12.5 Å². The molecule has 0 spiro atoms. The zero-order valence-corrected chi connectivity index (χ0v) is 13.9. The molecule has 24 heavy (non-hydrogen) atoms. The van der Waals surface area contributed by atoms with Gasteiger partial charge in [0.05, 0.1) is 12.9 Å². The average molecular weight is 325 g/mol. The fourth-order valence-corrected chi connectivity index (χ4v) is 4.60. The number of amides is 1. The van der Waals surface area contributed by atoms with Crippen LogP contribution in [0.4, 0.5) is 0 Å². The summed E-state index contributed by atoms with van der Waals surface area (Å²) in [6, 6.07) is 8.14. The molecule has 5 heteroatoms. The first kappa shape index (κ1) is 15.4. The zero-order valence-electron chi connectivity index (χ0n) is 13.9. The number of aromatic nitrogens is 2. The SMILES string of the molecule is CC[C@]1(CO)C[C@H]2CC[C@@H]1N2C(=O)c1ccc(-n2ccnc2)cc1. The maximum atomic E-state index is 13.1. The highest BCUT2D eigenvalue weighted by Gasteiger charge is 2.56. The lowest BCUT2D eigenvalue weighted by molar-refractivity contribution is 0.0557. The highest BCUT2D eigenvalue weighted by Crippen LogP contribution is 2.51. The van der Waals surface area contributed by atoms with Crippen LogP contribution in [0.15, 0.2) is 43.0 Å². The van der Waals surface area contributed by atoms with E-state index in [1.165, 1.54) is 0 Å². The number of rotatable bonds is 4. The van der Waals surface area contributed by atoms with E-state index in [4.69, 9.17) is 0 Å². The van der Waals surface area contributed by atoms with Gasteiger partial charge in [-0.3, -0.25) is 4.79 Å². The third-order valence-corrected chi connectivity index (χ3v) is 6.02. The lowest BCUT2D eigenvalue weighted by Crippen LogP contribution is -2.42. The van der Waals surface area contributed by atoms with Crippen molar-refractivity contribution >= 4 is 5.91 Å². The van der Waals surface area contributed by atoms with Crippen LogP contribution in [-0.2, 0) is 0 Å². The third kappa shape index (κ3) is 2.18. The molecule has 1 amide bonds. The summed E-state index contributed by atoms with van der Waals surface area (Å²) in [5.41, 5.74) is 1.61. The van der Waals surface area contributed by atoms with Gasteiger partial charge >= 0.3 is 0 Å². The molecule has 2 aliphatic heterocycles. The molecular formula is C19H23N3O2. The molecule has 1 N–H and O–H groups in total. The first-order valence-corrected chi connectivity index (χ1v) is 8.70. The van der Waals surface area contributed by atoms with Crippen molar-refractivity contribution in [3.63, 3.8) is 0 Å². The predicted octanol–water partition coefficient (Wildman–Crippen LogP) is 2.64. The molecule has 0 aliphatic carbocycles. The molecule has 1 aromatic heterocycles. The Morgan fingerprint density at radius 3 is 2.71 bits per heavy atom. The molecule has 3 heterocycles. The van der Waals surface area contributed by atoms with E-state index in [0.717, 1.165) is 36.9 Å². The molecule has 5 nitrogen and oxygen atoms in total. The van der Waals surface area contributed by atoms with E-state index in [-0.39, 0.29) is 30.0 Å². The number of benzene rings is 1. The van der Waals surface area contributed by atoms with Crippen LogP contribution in [0.2, 0.25) is 0 Å². The summed E-state index contributed by atoms with van der Waals surface area (Å²) < 4.78 is 1.92. The van der Waals surface area contributed by atoms with E-state index in [0.29, 0.717) is 0 Å². The fraction of sp³-hybridized carbons (Fsp3) is 0.474. The minimum atomic E-state index is -0.102. The Labute approximate surface area is 141 Å². The summed E-state index contributed by atoms with van der Waals surface area (Å²) in [5, 5.41) is 9.90. The first-order valence-electron chi connectivity index (χ1n) is 8.70. The lowest BCUT2D eigenvalue weighted by Gasteiger charge is -2.34. The molecule has 2 bridgehead atoms. The normalized spacial score (nSPS) is 28.5. The van der Waals surface area contributed by atoms with Gasteiger partial charge in [-0.25, -0.2) is 4.98 Å². The summed E-state index contributed by atoms with van der Waals surface area (Å²) in [5.74, 6) is 0.100. The minimum Gasteiger partial charge on any atom is -0.396 e. The highest BCUT2D eigenvalue weighted by atomic mass is 16.3. The van der Waals surface area contributed by atoms with Crippen LogP contribution in [0.5, 0.6) is 0 Å². The van der Waals surface area contributed by atoms with Gasteiger partial charge in [-0.15, -0.1) is 0 Å². The van der Waals surface area contributed by atoms with Crippen LogP contribution in [0.1, 0.15) is 43.0 Å². The smallest absolute Gasteiger partial charge is 0.254 e. The Hall–Kier alpha value is -2.14. The molecule has 2 fully saturated rings. The van der Waals surface area contributed by atoms with Crippen molar-refractivity contribution in [2.75, 3.05) is 6.61 Å². The van der Waals surface area contributed by atoms with Gasteiger partial charge in [-0.05, 0) is 49.9 Å². The van der Waals surface area contributed by atoms with Crippen molar-refractivity contribution in [1.29, 1.82) is 0 Å². The van der Waals surface area contributed by atoms with Crippen molar-refractivity contribution in [2.24, 2.45) is 5.41 Å². The molecule has 2 saturated heterocycles. The van der Waals surface area contributed by atoms with E-state index >= 15 is 0 Å². The summed E-state index contributed by atoms with van der Waals surface area (Å²) in [7, 11) is 0. The standard InChI is InChI=1S/C19H23N3O2/c1-2-19(12-23)11-16-7-8-17(19)22(16)18(24)14-3-5-15(6-4-14)21-10-9-20-13-21/h3-6,9-10,13,16-17,23H,2,7-8,11-12H2,1H3/t16-,17+,19-/m1/s1. The minimum absolute atomic E-state index is 0.100. The molecule has 0 unspecified atom stereocenters. The van der Waals surface area contributed by atoms with Gasteiger partial charge in [0.15, 0.2) is 0 Å². The molecule has 4 rings (SSSR count). The van der Waals surface area contributed by atoms with Crippen molar-refractivity contribution in [3.8, 4) is 5.69 Å². The zero-order chi connectivity index (χ0) is 16.7. The molecule has 0 saturated carbocycles. The van der Waals surface area contributed by atoms with Crippen molar-refractivity contribution in [2.45, 2.75) is 44.7 Å². The summed E-state index contributed by atoms with van der Waals surface area (Å²) in [6.07, 6.45) is 9.30. The van der Waals surface area contributed by atoms with Crippen LogP contribution in [0.3, 0.4) is 0 Å². The van der Waals surface area contributed by atoms with Crippen LogP contribution in [-0.4, -0.2) is 44.2 Å². The Balaban J connectivity index is 1.58. The lowest BCUT2D eigenvalue weighted by atomic mass is 9.72. The molecule has 2 aromatic rings. The Morgan fingerprint density at radius 1 is 1.33 bits per heavy atom. The third-order valence-electron chi connectivity index (χ3n) is 6.02. The number of hydrogen-bond donors (Lipinski definition) is 1. The van der Waals surface area contributed by atoms with Crippen molar-refractivity contribution in [3.05, 3.63) is 48.5 Å². The summed E-state index contributed by atoms with van der Waals surface area (Å²) in [6.45, 7) is 2.30. The van der Waals surface area contributed by atoms with E-state index in [1.807, 2.05) is 39.9 Å². The van der Waals surface area contributed by atoms with Gasteiger partial charge in [0.25, 0.3) is 5.91 Å². The summed E-state index contributed by atoms with van der Waals surface area (Å²) >= 11 is 0. The Morgan fingerprint density at radius 2 is 2.12 bits per heavy atom. The second-order valence-corrected chi connectivity index (χ2v) is 7.05. The predicted molar refractivity (Wildman–Crippen MR) is 91.0 cm³/mol. The van der Waals surface area contributed by atoms with E-state index in [2.05, 4.69) is 11.9 Å². The molecule has 0 radical (unpaired) electrons. The maximum absolute atomic E-state index is 13.1. The summed E-state index contributed by atoms with van der Waals surface area (Å²) in [4.78, 5) is 19.1. The van der Waals surface area contributed by atoms with Gasteiger partial charge in [-0.1, -0.05) is 6.92 Å². The van der Waals surface area contributed by atoms with Crippen LogP contribution < -0.4 is 0 Å². The number of fused-ring (bicyclic) bond motifs is 2. The van der Waals surface area contributed by atoms with Crippen molar-refractivity contribution < 1.29 is 9.90 Å². The second kappa shape index (κ2) is 5.74. The number of aliphatic hydroxyl groups is 1. The number of nitrogens with zero attached hydrogens (tertiary/aromatic N) is 3. The largest absolute Gasteiger partial charge is 0.396 e. The topological polar surface area (TPSA) is 58.4 Å². The van der Waals surface area contributed by atoms with Gasteiger partial charge < -0.3 is 14.6 Å². The first-order chi connectivity index (χ1) is 11.7. The number of imidazole rings is 1. The van der Waals surface area contributed by atoms with E-state index in [9.17, 15) is 9.90 Å². The number of aliphatic hydroxyl groups excluding tert-OH is 1. The van der Waals surface area contributed by atoms with Crippen LogP contribution >= 0.6 is 0 Å². The van der Waals surface area contributed by atoms with Crippen LogP contribution in [0.25, 0.3) is 5.69 Å². The van der Waals surface area contributed by atoms with Gasteiger partial charge in [0.2, 0.25) is 0 Å². The van der Waals surface area contributed by atoms with Gasteiger partial charge in [-0.2, -0.15) is 0 Å². The quantitative estimate of drug-likeness (QED) is 0.940. The van der Waals surface area contributed by atoms with Gasteiger partial charge in [0, 0.05) is 41.1 Å². The van der Waals surface area contributed by atoms with Crippen LogP contribution in [0, 0.1) is 5.41 Å². The second-order valence-electron chi connectivity index (χ2n) is 7.05. The number of carbonyl (C=O) groups is 1. The van der Waals surface area contributed by atoms with E-state index < -0.39 is 0 Å². The molecule has 2 aliphatic rings. The molecule has 1 aromatic carbocycles. The number of hydrogen-bond acceptors (Lipinski definition) is 3. The van der Waals surface area contributed by atoms with Gasteiger partial charge in [0.1, 0.15) is 0 Å². The Kier molecular flexibility index (Phi) is 3.68. The highest BCUT2D eigenvalue weighted by molar-refractivity contribution is 5.95.